The number of ether oxygens (including phenoxy) is 3. The van der Waals surface area contributed by atoms with E-state index in [-0.39, 0.29) is 55.3 Å². The van der Waals surface area contributed by atoms with Gasteiger partial charge in [0.25, 0.3) is 0 Å². The van der Waals surface area contributed by atoms with E-state index in [2.05, 4.69) is 5.32 Å². The number of nitrogens with one attached hydrogen (secondary N) is 1. The SMILES string of the molecule is COc1c(O)c2c(=O)cc(CO)c3c4c(CO)cc(NCCOCCO)c5c(=O)c(CCCOCCO)c6c(c(c1CC(C)=C6)c23)c54. The topological polar surface area (TPSA) is 175 Å². The summed E-state index contributed by atoms with van der Waals surface area (Å²) in [5, 5.41) is 58.4. The number of hydrogen-bond acceptors (Lipinski definition) is 11. The molecule has 0 aliphatic heterocycles. The first-order valence-corrected chi connectivity index (χ1v) is 15.8. The minimum Gasteiger partial charge on any atom is -0.504 e. The number of allylic oxidation sites excluding steroid dienone is 1. The van der Waals surface area contributed by atoms with Gasteiger partial charge in [0.15, 0.2) is 22.4 Å². The van der Waals surface area contributed by atoms with Crippen LogP contribution in [-0.2, 0) is 35.5 Å². The smallest absolute Gasteiger partial charge is 0.192 e. The monoisotopic (exact) mass is 645 g/mol. The highest BCUT2D eigenvalue weighted by Gasteiger charge is 2.32. The van der Waals surface area contributed by atoms with Crippen LogP contribution in [0.15, 0.2) is 27.3 Å². The average molecular weight is 646 g/mol. The maximum absolute atomic E-state index is 14.8. The predicted octanol–water partition coefficient (Wildman–Crippen LogP) is 2.92. The lowest BCUT2D eigenvalue weighted by Crippen LogP contribution is -2.18. The van der Waals surface area contributed by atoms with Gasteiger partial charge < -0.3 is 45.1 Å². The summed E-state index contributed by atoms with van der Waals surface area (Å²) in [7, 11) is 1.44. The number of hydrogen-bond donors (Lipinski definition) is 6. The molecule has 0 atom stereocenters. The van der Waals surface area contributed by atoms with Gasteiger partial charge in [0.1, 0.15) is 0 Å². The molecule has 0 saturated heterocycles. The van der Waals surface area contributed by atoms with Gasteiger partial charge >= 0.3 is 0 Å². The third-order valence-corrected chi connectivity index (χ3v) is 9.04. The number of rotatable bonds is 15. The van der Waals surface area contributed by atoms with E-state index in [0.29, 0.717) is 104 Å². The molecule has 0 amide bonds. The number of benzene rings is 5. The van der Waals surface area contributed by atoms with E-state index in [1.807, 2.05) is 13.0 Å². The highest BCUT2D eigenvalue weighted by Crippen LogP contribution is 2.53. The van der Waals surface area contributed by atoms with Crippen molar-refractivity contribution in [2.24, 2.45) is 0 Å². The van der Waals surface area contributed by atoms with E-state index >= 15 is 0 Å². The van der Waals surface area contributed by atoms with Gasteiger partial charge in [-0.05, 0) is 76.6 Å². The molecular formula is C36H39NO10. The van der Waals surface area contributed by atoms with Gasteiger partial charge in [-0.1, -0.05) is 11.6 Å². The van der Waals surface area contributed by atoms with E-state index in [0.717, 1.165) is 5.57 Å². The molecule has 0 radical (unpaired) electrons. The quantitative estimate of drug-likeness (QED) is 0.0561. The lowest BCUT2D eigenvalue weighted by atomic mass is 9.80. The summed E-state index contributed by atoms with van der Waals surface area (Å²) < 4.78 is 16.7. The van der Waals surface area contributed by atoms with Gasteiger partial charge in [0.2, 0.25) is 0 Å². The first-order valence-electron chi connectivity index (χ1n) is 15.8. The summed E-state index contributed by atoms with van der Waals surface area (Å²) in [5.41, 5.74) is 3.42. The fourth-order valence-electron chi connectivity index (χ4n) is 7.31. The number of fused-ring (bicyclic) bond motifs is 1. The van der Waals surface area contributed by atoms with Crippen molar-refractivity contribution in [3.63, 3.8) is 0 Å². The standard InChI is InChI=1S/C36H39NO10/c1-18-12-22-21(4-3-8-46-10-6-38)34(43)30-24(37-5-9-47-11-7-39)14-19(16-40)26-27-20(17-41)15-25(42)31-33(27)29(28(22)32(26)30)23(13-18)36(45-2)35(31)44/h12,14-15,37-41,44H,3-11,13,16-17H2,1-2H3. The average Bonchev–Trinajstić information content (AvgIpc) is 3.21. The highest BCUT2D eigenvalue weighted by molar-refractivity contribution is 6.38. The van der Waals surface area contributed by atoms with Crippen molar-refractivity contribution in [3.8, 4) is 11.5 Å². The molecule has 0 spiro atoms. The lowest BCUT2D eigenvalue weighted by molar-refractivity contribution is 0.0908. The molecular weight excluding hydrogens is 606 g/mol. The number of aliphatic hydroxyl groups excluding tert-OH is 4. The van der Waals surface area contributed by atoms with Gasteiger partial charge in [0.05, 0.1) is 64.1 Å². The third kappa shape index (κ3) is 5.33. The fraction of sp³-hybridized carbons (Fsp3) is 0.389. The number of phenols is 1. The summed E-state index contributed by atoms with van der Waals surface area (Å²) >= 11 is 0. The van der Waals surface area contributed by atoms with E-state index < -0.39 is 18.6 Å². The number of aliphatic hydroxyl groups is 4. The molecule has 5 aromatic rings. The predicted molar refractivity (Wildman–Crippen MR) is 181 cm³/mol. The van der Waals surface area contributed by atoms with Crippen LogP contribution in [0.1, 0.15) is 41.2 Å². The van der Waals surface area contributed by atoms with Gasteiger partial charge in [-0.15, -0.1) is 0 Å². The first kappa shape index (κ1) is 32.8. The Morgan fingerprint density at radius 2 is 1.45 bits per heavy atom. The van der Waals surface area contributed by atoms with Crippen LogP contribution in [0.4, 0.5) is 5.69 Å². The van der Waals surface area contributed by atoms with Crippen molar-refractivity contribution in [3.05, 3.63) is 66.0 Å². The maximum Gasteiger partial charge on any atom is 0.192 e. The second-order valence-corrected chi connectivity index (χ2v) is 11.9. The largest absolute Gasteiger partial charge is 0.504 e. The summed E-state index contributed by atoms with van der Waals surface area (Å²) in [6.45, 7) is 2.10. The van der Waals surface area contributed by atoms with Gasteiger partial charge in [-0.25, -0.2) is 0 Å². The first-order chi connectivity index (χ1) is 22.8. The number of aromatic hydroxyl groups is 1. The zero-order chi connectivity index (χ0) is 33.4. The molecule has 6 N–H and O–H groups in total. The zero-order valence-electron chi connectivity index (χ0n) is 26.5. The summed E-state index contributed by atoms with van der Waals surface area (Å²) in [5.74, 6) is -0.117. The minimum absolute atomic E-state index is 0.0504. The van der Waals surface area contributed by atoms with Crippen molar-refractivity contribution in [2.75, 3.05) is 58.6 Å². The molecule has 1 aliphatic carbocycles. The van der Waals surface area contributed by atoms with Crippen LogP contribution < -0.4 is 20.9 Å². The molecule has 6 rings (SSSR count). The summed E-state index contributed by atoms with van der Waals surface area (Å²) in [6.07, 6.45) is 3.22. The molecule has 11 heteroatoms. The van der Waals surface area contributed by atoms with Crippen LogP contribution in [0.5, 0.6) is 11.5 Å². The van der Waals surface area contributed by atoms with Crippen molar-refractivity contribution in [1.29, 1.82) is 0 Å². The Kier molecular flexibility index (Phi) is 9.47. The molecule has 47 heavy (non-hydrogen) atoms. The Balaban J connectivity index is 1.85. The molecule has 11 nitrogen and oxygen atoms in total. The molecule has 0 unspecified atom stereocenters. The molecule has 1 aliphatic rings. The molecule has 0 heterocycles. The number of methoxy groups -OCH3 is 1. The lowest BCUT2D eigenvalue weighted by Gasteiger charge is -2.25. The summed E-state index contributed by atoms with van der Waals surface area (Å²) in [6, 6.07) is 3.02. The van der Waals surface area contributed by atoms with Gasteiger partial charge in [-0.2, -0.15) is 0 Å². The molecule has 0 bridgehead atoms. The van der Waals surface area contributed by atoms with Crippen LogP contribution in [0.25, 0.3) is 49.2 Å². The third-order valence-electron chi connectivity index (χ3n) is 9.04. The summed E-state index contributed by atoms with van der Waals surface area (Å²) in [4.78, 5) is 28.4. The Morgan fingerprint density at radius 1 is 0.787 bits per heavy atom. The van der Waals surface area contributed by atoms with E-state index in [1.54, 1.807) is 6.07 Å². The Labute approximate surface area is 269 Å². The Bertz CT molecular complexity index is 2120. The van der Waals surface area contributed by atoms with Gasteiger partial charge in [0, 0.05) is 40.7 Å². The minimum atomic E-state index is -0.480. The molecule has 0 aromatic heterocycles. The highest BCUT2D eigenvalue weighted by atomic mass is 16.5. The normalized spacial score (nSPS) is 13.0. The van der Waals surface area contributed by atoms with Gasteiger partial charge in [-0.3, -0.25) is 9.59 Å². The second kappa shape index (κ2) is 13.6. The molecule has 0 fully saturated rings. The van der Waals surface area contributed by atoms with E-state index in [9.17, 15) is 24.9 Å². The molecule has 0 saturated carbocycles. The number of phenolic OH excluding ortho intramolecular Hbond substituents is 1. The fourth-order valence-corrected chi connectivity index (χ4v) is 7.31. The molecule has 5 aromatic carbocycles. The van der Waals surface area contributed by atoms with Crippen molar-refractivity contribution >= 4 is 54.9 Å². The van der Waals surface area contributed by atoms with Crippen LogP contribution in [0.2, 0.25) is 0 Å². The van der Waals surface area contributed by atoms with Crippen LogP contribution in [0.3, 0.4) is 0 Å². The van der Waals surface area contributed by atoms with Crippen molar-refractivity contribution < 1.29 is 39.7 Å². The van der Waals surface area contributed by atoms with E-state index in [1.165, 1.54) is 13.2 Å². The Morgan fingerprint density at radius 3 is 2.11 bits per heavy atom. The zero-order valence-corrected chi connectivity index (χ0v) is 26.5. The maximum atomic E-state index is 14.8. The van der Waals surface area contributed by atoms with Crippen molar-refractivity contribution in [2.45, 2.75) is 39.4 Å². The van der Waals surface area contributed by atoms with Crippen LogP contribution in [0, 0.1) is 0 Å². The number of anilines is 1. The van der Waals surface area contributed by atoms with E-state index in [4.69, 9.17) is 24.4 Å². The van der Waals surface area contributed by atoms with Crippen molar-refractivity contribution in [1.82, 2.24) is 0 Å². The second-order valence-electron chi connectivity index (χ2n) is 11.9. The van der Waals surface area contributed by atoms with Crippen LogP contribution in [-0.4, -0.2) is 78.8 Å². The Hall–Kier alpha value is -4.10. The van der Waals surface area contributed by atoms with Crippen LogP contribution >= 0.6 is 0 Å². The molecule has 248 valence electrons.